The van der Waals surface area contributed by atoms with Gasteiger partial charge >= 0.3 is 6.16 Å². The van der Waals surface area contributed by atoms with Crippen molar-refractivity contribution in [2.45, 2.75) is 110 Å². The van der Waals surface area contributed by atoms with Gasteiger partial charge in [0, 0.05) is 11.5 Å². The molecule has 0 aromatic heterocycles. The van der Waals surface area contributed by atoms with Gasteiger partial charge in [-0.05, 0) is 82.6 Å². The minimum atomic E-state index is -2.05. The third kappa shape index (κ3) is 3.53. The Morgan fingerprint density at radius 3 is 2.54 bits per heavy atom. The molecule has 37 heavy (non-hydrogen) atoms. The molecule has 7 nitrogen and oxygen atoms in total. The van der Waals surface area contributed by atoms with Crippen LogP contribution in [0.25, 0.3) is 0 Å². The first kappa shape index (κ1) is 26.5. The molecule has 1 aliphatic heterocycles. The van der Waals surface area contributed by atoms with Crippen LogP contribution in [0.4, 0.5) is 9.18 Å². The third-order valence-electron chi connectivity index (χ3n) is 10.3. The van der Waals surface area contributed by atoms with E-state index < -0.39 is 35.2 Å². The first-order valence-electron chi connectivity index (χ1n) is 13.9. The highest BCUT2D eigenvalue weighted by Crippen LogP contribution is 2.71. The fraction of sp³-hybridized carbons (Fsp3) is 0.793. The van der Waals surface area contributed by atoms with Crippen LogP contribution in [0.2, 0.25) is 0 Å². The Morgan fingerprint density at radius 2 is 1.86 bits per heavy atom. The molecular formula is C29H41FO7. The summed E-state index contributed by atoms with van der Waals surface area (Å²) in [6.45, 7) is 11.0. The zero-order valence-corrected chi connectivity index (χ0v) is 22.9. The maximum Gasteiger partial charge on any atom is 0.509 e. The average molecular weight is 521 g/mol. The number of allylic oxidation sites excluding steroid dienone is 2. The van der Waals surface area contributed by atoms with Crippen molar-refractivity contribution in [1.29, 1.82) is 0 Å². The first-order chi connectivity index (χ1) is 17.4. The zero-order valence-electron chi connectivity index (χ0n) is 22.9. The molecule has 0 aromatic carbocycles. The molecule has 1 N–H and O–H groups in total. The van der Waals surface area contributed by atoms with E-state index in [9.17, 15) is 14.7 Å². The van der Waals surface area contributed by atoms with Crippen molar-refractivity contribution in [2.75, 3.05) is 6.79 Å². The molecule has 206 valence electrons. The number of ketones is 1. The lowest BCUT2D eigenvalue weighted by Crippen LogP contribution is -2.68. The standard InChI is InChI=1S/C29H41FO7/c1-7-8-17-9-10-18-19-11-12-20-22(16(4)37-26(33)36-15(2)3)23(32)24-25(35-14-34-24)28(20,6)29(19,30)21(31)13-27(17,18)5/h15-19,21,31H,7-14H2,1-6H3/t16?,17-,18-,19-,21-,27+,28+,29-/m0/s1. The van der Waals surface area contributed by atoms with E-state index in [1.54, 1.807) is 27.7 Å². The number of ether oxygens (including phenoxy) is 4. The normalized spacial score (nSPS) is 41.4. The average Bonchev–Trinajstić information content (AvgIpc) is 3.42. The van der Waals surface area contributed by atoms with Crippen LogP contribution in [0.1, 0.15) is 86.5 Å². The molecule has 0 radical (unpaired) electrons. The molecule has 4 aliphatic carbocycles. The number of Topliss-reactive ketones (excluding diaryl/α,β-unsaturated/α-hetero) is 1. The highest BCUT2D eigenvalue weighted by molar-refractivity contribution is 6.10. The molecular weight excluding hydrogens is 479 g/mol. The van der Waals surface area contributed by atoms with Crippen LogP contribution in [0.3, 0.4) is 0 Å². The number of aliphatic hydroxyl groups excluding tert-OH is 1. The van der Waals surface area contributed by atoms with Crippen LogP contribution in [-0.4, -0.2) is 47.8 Å². The van der Waals surface area contributed by atoms with Crippen molar-refractivity contribution < 1.29 is 38.0 Å². The van der Waals surface area contributed by atoms with Crippen molar-refractivity contribution >= 4 is 11.9 Å². The fourth-order valence-electron chi connectivity index (χ4n) is 8.79. The Bertz CT molecular complexity index is 1050. The third-order valence-corrected chi connectivity index (χ3v) is 10.3. The van der Waals surface area contributed by atoms with Gasteiger partial charge in [0.15, 0.2) is 11.4 Å². The summed E-state index contributed by atoms with van der Waals surface area (Å²) in [5, 5.41) is 11.7. The number of rotatable bonds is 5. The van der Waals surface area contributed by atoms with Gasteiger partial charge in [0.05, 0.1) is 17.6 Å². The Hall–Kier alpha value is -2.09. The number of hydrogen-bond donors (Lipinski definition) is 1. The van der Waals surface area contributed by atoms with Gasteiger partial charge in [-0.15, -0.1) is 0 Å². The summed E-state index contributed by atoms with van der Waals surface area (Å²) in [6.07, 6.45) is 2.01. The van der Waals surface area contributed by atoms with E-state index in [0.29, 0.717) is 30.8 Å². The Morgan fingerprint density at radius 1 is 1.14 bits per heavy atom. The predicted octanol–water partition coefficient (Wildman–Crippen LogP) is 5.75. The number of fused-ring (bicyclic) bond motifs is 6. The van der Waals surface area contributed by atoms with E-state index in [1.165, 1.54) is 0 Å². The lowest BCUT2D eigenvalue weighted by atomic mass is 9.44. The summed E-state index contributed by atoms with van der Waals surface area (Å²) >= 11 is 0. The maximum absolute atomic E-state index is 18.0. The Balaban J connectivity index is 1.60. The van der Waals surface area contributed by atoms with Gasteiger partial charge in [0.2, 0.25) is 18.3 Å². The summed E-state index contributed by atoms with van der Waals surface area (Å²) < 4.78 is 40.1. The van der Waals surface area contributed by atoms with Gasteiger partial charge < -0.3 is 24.1 Å². The molecule has 0 spiro atoms. The van der Waals surface area contributed by atoms with Crippen LogP contribution < -0.4 is 0 Å². The number of hydrogen-bond acceptors (Lipinski definition) is 7. The molecule has 1 unspecified atom stereocenters. The molecule has 3 fully saturated rings. The predicted molar refractivity (Wildman–Crippen MR) is 133 cm³/mol. The SMILES string of the molecule is CCC[C@H]1CC[C@H]2[C@@H]3CCC4=C(C(C)OC(=O)OC(C)C)C(=O)C5=C(OCO5)[C@]4(C)[C@@]3(F)[C@@H](O)C[C@]12C. The maximum atomic E-state index is 18.0. The second-order valence-electron chi connectivity index (χ2n) is 12.4. The number of carbonyl (C=O) groups excluding carboxylic acids is 2. The summed E-state index contributed by atoms with van der Waals surface area (Å²) in [7, 11) is 0. The topological polar surface area (TPSA) is 91.3 Å². The van der Waals surface area contributed by atoms with Crippen LogP contribution >= 0.6 is 0 Å². The summed E-state index contributed by atoms with van der Waals surface area (Å²) in [4.78, 5) is 25.9. The van der Waals surface area contributed by atoms with Crippen molar-refractivity contribution in [1.82, 2.24) is 0 Å². The molecule has 8 heteroatoms. The van der Waals surface area contributed by atoms with Gasteiger partial charge in [0.1, 0.15) is 6.10 Å². The molecule has 3 saturated carbocycles. The quantitative estimate of drug-likeness (QED) is 0.461. The summed E-state index contributed by atoms with van der Waals surface area (Å²) in [6, 6.07) is 0. The van der Waals surface area contributed by atoms with Gasteiger partial charge in [-0.25, -0.2) is 9.18 Å². The van der Waals surface area contributed by atoms with E-state index in [-0.39, 0.29) is 47.2 Å². The van der Waals surface area contributed by atoms with E-state index >= 15 is 4.39 Å². The van der Waals surface area contributed by atoms with Gasteiger partial charge in [-0.1, -0.05) is 26.7 Å². The molecule has 1 heterocycles. The van der Waals surface area contributed by atoms with Crippen molar-refractivity contribution in [3.8, 4) is 0 Å². The smallest absolute Gasteiger partial charge is 0.457 e. The van der Waals surface area contributed by atoms with E-state index in [4.69, 9.17) is 18.9 Å². The van der Waals surface area contributed by atoms with Gasteiger partial charge in [-0.3, -0.25) is 4.79 Å². The second-order valence-corrected chi connectivity index (χ2v) is 12.4. The Kier molecular flexibility index (Phi) is 6.44. The first-order valence-corrected chi connectivity index (χ1v) is 13.9. The van der Waals surface area contributed by atoms with E-state index in [1.807, 2.05) is 0 Å². The molecule has 5 aliphatic rings. The number of carbonyl (C=O) groups is 2. The minimum Gasteiger partial charge on any atom is -0.457 e. The minimum absolute atomic E-state index is 0.0394. The molecule has 5 rings (SSSR count). The molecule has 0 aromatic rings. The second kappa shape index (κ2) is 8.99. The van der Waals surface area contributed by atoms with Crippen LogP contribution in [0.5, 0.6) is 0 Å². The van der Waals surface area contributed by atoms with Crippen molar-refractivity contribution in [3.63, 3.8) is 0 Å². The number of alkyl halides is 1. The van der Waals surface area contributed by atoms with Crippen molar-refractivity contribution in [3.05, 3.63) is 22.7 Å². The van der Waals surface area contributed by atoms with E-state index in [2.05, 4.69) is 13.8 Å². The zero-order chi connectivity index (χ0) is 26.9. The lowest BCUT2D eigenvalue weighted by molar-refractivity contribution is -0.205. The van der Waals surface area contributed by atoms with Crippen LogP contribution in [-0.2, 0) is 23.7 Å². The Labute approximate surface area is 218 Å². The number of aliphatic hydroxyl groups is 1. The van der Waals surface area contributed by atoms with Crippen molar-refractivity contribution in [2.24, 2.45) is 28.6 Å². The summed E-state index contributed by atoms with van der Waals surface area (Å²) in [5.74, 6) is -0.0972. The van der Waals surface area contributed by atoms with Crippen LogP contribution in [0.15, 0.2) is 22.7 Å². The monoisotopic (exact) mass is 520 g/mol. The molecule has 8 atom stereocenters. The van der Waals surface area contributed by atoms with E-state index in [0.717, 1.165) is 25.7 Å². The largest absolute Gasteiger partial charge is 0.509 e. The molecule has 0 saturated heterocycles. The highest BCUT2D eigenvalue weighted by atomic mass is 19.1. The van der Waals surface area contributed by atoms with Gasteiger partial charge in [-0.2, -0.15) is 0 Å². The van der Waals surface area contributed by atoms with Gasteiger partial charge in [0.25, 0.3) is 0 Å². The van der Waals surface area contributed by atoms with Crippen LogP contribution in [0, 0.1) is 28.6 Å². The lowest BCUT2D eigenvalue weighted by Gasteiger charge is -2.62. The number of halogens is 1. The fourth-order valence-corrected chi connectivity index (χ4v) is 8.79. The highest BCUT2D eigenvalue weighted by Gasteiger charge is 2.74. The molecule has 0 bridgehead atoms. The summed E-state index contributed by atoms with van der Waals surface area (Å²) in [5.41, 5.74) is -2.84. The molecule has 0 amide bonds.